The fourth-order valence-corrected chi connectivity index (χ4v) is 3.47. The molecule has 2 rings (SSSR count). The average molecular weight is 280 g/mol. The lowest BCUT2D eigenvalue weighted by molar-refractivity contribution is 1.16. The van der Waals surface area contributed by atoms with Crippen molar-refractivity contribution < 1.29 is 0 Å². The number of hydrogen-bond donors (Lipinski definition) is 0. The van der Waals surface area contributed by atoms with Crippen LogP contribution in [-0.4, -0.2) is 0 Å². The Morgan fingerprint density at radius 3 is 1.05 bits per heavy atom. The molecule has 0 aliphatic rings. The third-order valence-electron chi connectivity index (χ3n) is 5.62. The van der Waals surface area contributed by atoms with E-state index in [1.54, 1.807) is 0 Å². The van der Waals surface area contributed by atoms with Crippen LogP contribution < -0.4 is 0 Å². The zero-order chi connectivity index (χ0) is 16.1. The van der Waals surface area contributed by atoms with Gasteiger partial charge in [0.1, 0.15) is 0 Å². The van der Waals surface area contributed by atoms with Crippen LogP contribution >= 0.6 is 0 Å². The molecule has 0 aliphatic heterocycles. The van der Waals surface area contributed by atoms with Gasteiger partial charge >= 0.3 is 0 Å². The quantitative estimate of drug-likeness (QED) is 0.589. The summed E-state index contributed by atoms with van der Waals surface area (Å²) in [6.45, 7) is 20.3. The molecule has 0 nitrogen and oxygen atoms in total. The van der Waals surface area contributed by atoms with E-state index < -0.39 is 0 Å². The highest BCUT2D eigenvalue weighted by molar-refractivity contribution is 5.80. The van der Waals surface area contributed by atoms with Crippen molar-refractivity contribution in [3.8, 4) is 11.1 Å². The maximum absolute atomic E-state index is 2.31. The van der Waals surface area contributed by atoms with Crippen LogP contribution in [0.4, 0.5) is 0 Å². The van der Waals surface area contributed by atoms with Crippen LogP contribution in [0.25, 0.3) is 11.1 Å². The van der Waals surface area contributed by atoms with E-state index in [1.807, 2.05) is 0 Å². The van der Waals surface area contributed by atoms with Crippen molar-refractivity contribution >= 4 is 0 Å². The highest BCUT2D eigenvalue weighted by Crippen LogP contribution is 2.39. The van der Waals surface area contributed by atoms with Crippen LogP contribution in [0, 0.1) is 62.3 Å². The molecule has 112 valence electrons. The average Bonchev–Trinajstić information content (AvgIpc) is 2.44. The van der Waals surface area contributed by atoms with Crippen molar-refractivity contribution in [3.63, 3.8) is 0 Å². The monoisotopic (exact) mass is 280 g/mol. The smallest absolute Gasteiger partial charge is 0.0114 e. The molecule has 0 atom stereocenters. The maximum Gasteiger partial charge on any atom is -0.0114 e. The largest absolute Gasteiger partial charge is 0.0558 e. The van der Waals surface area contributed by atoms with Crippen LogP contribution in [-0.2, 0) is 0 Å². The zero-order valence-corrected chi connectivity index (χ0v) is 15.1. The molecule has 2 aromatic rings. The molecule has 0 aliphatic carbocycles. The minimum atomic E-state index is 1.39. The number of aryl methyl sites for hydroxylation is 2. The van der Waals surface area contributed by atoms with Gasteiger partial charge in [-0.2, -0.15) is 0 Å². The molecule has 0 N–H and O–H groups in total. The Morgan fingerprint density at radius 2 is 0.667 bits per heavy atom. The first-order chi connectivity index (χ1) is 9.68. The second-order valence-corrected chi connectivity index (χ2v) is 6.64. The van der Waals surface area contributed by atoms with Gasteiger partial charge < -0.3 is 0 Å². The summed E-state index contributed by atoms with van der Waals surface area (Å²) in [5.41, 5.74) is 15.7. The third-order valence-corrected chi connectivity index (χ3v) is 5.62. The standard InChI is InChI=1S/C21H28/c1-11-10-12(2)14(4)20(13(11)3)21-18(8)16(6)15(5)17(7)19(21)9/h10H,1-9H3. The second-order valence-electron chi connectivity index (χ2n) is 6.64. The lowest BCUT2D eigenvalue weighted by Gasteiger charge is -2.23. The first-order valence-corrected chi connectivity index (χ1v) is 7.83. The third kappa shape index (κ3) is 2.31. The number of hydrogen-bond acceptors (Lipinski definition) is 0. The molecule has 0 radical (unpaired) electrons. The molecule has 0 fully saturated rings. The normalized spacial score (nSPS) is 11.1. The van der Waals surface area contributed by atoms with Gasteiger partial charge in [0.05, 0.1) is 0 Å². The van der Waals surface area contributed by atoms with E-state index in [-0.39, 0.29) is 0 Å². The molecule has 0 spiro atoms. The maximum atomic E-state index is 2.31. The lowest BCUT2D eigenvalue weighted by atomic mass is 9.81. The van der Waals surface area contributed by atoms with Crippen LogP contribution in [0.2, 0.25) is 0 Å². The summed E-state index contributed by atoms with van der Waals surface area (Å²) in [6, 6.07) is 2.31. The van der Waals surface area contributed by atoms with Crippen molar-refractivity contribution in [2.24, 2.45) is 0 Å². The Labute approximate surface area is 130 Å². The van der Waals surface area contributed by atoms with Gasteiger partial charge in [-0.1, -0.05) is 6.07 Å². The number of benzene rings is 2. The molecular weight excluding hydrogens is 252 g/mol. The van der Waals surface area contributed by atoms with Gasteiger partial charge in [-0.05, 0) is 124 Å². The molecule has 0 unspecified atom stereocenters. The minimum absolute atomic E-state index is 1.39. The minimum Gasteiger partial charge on any atom is -0.0558 e. The summed E-state index contributed by atoms with van der Waals surface area (Å²) in [4.78, 5) is 0. The lowest BCUT2D eigenvalue weighted by Crippen LogP contribution is -2.03. The molecular formula is C21H28. The van der Waals surface area contributed by atoms with E-state index in [1.165, 1.54) is 61.2 Å². The van der Waals surface area contributed by atoms with Gasteiger partial charge in [-0.3, -0.25) is 0 Å². The van der Waals surface area contributed by atoms with Crippen molar-refractivity contribution in [2.45, 2.75) is 62.3 Å². The SMILES string of the molecule is Cc1cc(C)c(C)c(-c2c(C)c(C)c(C)c(C)c2C)c1C. The van der Waals surface area contributed by atoms with Crippen LogP contribution in [0.15, 0.2) is 6.07 Å². The van der Waals surface area contributed by atoms with Gasteiger partial charge in [0.15, 0.2) is 0 Å². The van der Waals surface area contributed by atoms with Crippen molar-refractivity contribution in [1.82, 2.24) is 0 Å². The highest BCUT2D eigenvalue weighted by Gasteiger charge is 2.18. The number of rotatable bonds is 1. The Bertz CT molecular complexity index is 675. The van der Waals surface area contributed by atoms with Gasteiger partial charge in [-0.25, -0.2) is 0 Å². The summed E-state index contributed by atoms with van der Waals surface area (Å²) < 4.78 is 0. The van der Waals surface area contributed by atoms with E-state index >= 15 is 0 Å². The molecule has 2 aromatic carbocycles. The predicted molar refractivity (Wildman–Crippen MR) is 94.5 cm³/mol. The van der Waals surface area contributed by atoms with E-state index in [2.05, 4.69) is 68.4 Å². The van der Waals surface area contributed by atoms with Gasteiger partial charge in [-0.15, -0.1) is 0 Å². The summed E-state index contributed by atoms with van der Waals surface area (Å²) >= 11 is 0. The summed E-state index contributed by atoms with van der Waals surface area (Å²) in [5.74, 6) is 0. The molecule has 0 amide bonds. The summed E-state index contributed by atoms with van der Waals surface area (Å²) in [6.07, 6.45) is 0. The van der Waals surface area contributed by atoms with Gasteiger partial charge in [0.25, 0.3) is 0 Å². The Morgan fingerprint density at radius 1 is 0.381 bits per heavy atom. The van der Waals surface area contributed by atoms with E-state index in [4.69, 9.17) is 0 Å². The molecule has 0 saturated carbocycles. The molecule has 21 heavy (non-hydrogen) atoms. The fraction of sp³-hybridized carbons (Fsp3) is 0.429. The predicted octanol–water partition coefficient (Wildman–Crippen LogP) is 6.13. The Balaban J connectivity index is 3.00. The highest BCUT2D eigenvalue weighted by atomic mass is 14.2. The second kappa shape index (κ2) is 5.33. The first kappa shape index (κ1) is 15.8. The van der Waals surface area contributed by atoms with Gasteiger partial charge in [0, 0.05) is 0 Å². The van der Waals surface area contributed by atoms with Crippen LogP contribution in [0.5, 0.6) is 0 Å². The van der Waals surface area contributed by atoms with Crippen LogP contribution in [0.1, 0.15) is 50.1 Å². The van der Waals surface area contributed by atoms with Crippen LogP contribution in [0.3, 0.4) is 0 Å². The van der Waals surface area contributed by atoms with E-state index in [0.717, 1.165) is 0 Å². The van der Waals surface area contributed by atoms with Crippen molar-refractivity contribution in [1.29, 1.82) is 0 Å². The molecule has 0 saturated heterocycles. The Hall–Kier alpha value is -1.56. The first-order valence-electron chi connectivity index (χ1n) is 7.83. The molecule has 0 aromatic heterocycles. The topological polar surface area (TPSA) is 0 Å². The fourth-order valence-electron chi connectivity index (χ4n) is 3.47. The van der Waals surface area contributed by atoms with E-state index in [9.17, 15) is 0 Å². The van der Waals surface area contributed by atoms with Crippen molar-refractivity contribution in [3.05, 3.63) is 56.1 Å². The van der Waals surface area contributed by atoms with Crippen molar-refractivity contribution in [2.75, 3.05) is 0 Å². The zero-order valence-electron chi connectivity index (χ0n) is 15.1. The Kier molecular flexibility index (Phi) is 4.02. The van der Waals surface area contributed by atoms with E-state index in [0.29, 0.717) is 0 Å². The summed E-state index contributed by atoms with van der Waals surface area (Å²) in [5, 5.41) is 0. The molecule has 0 heteroatoms. The molecule has 0 heterocycles. The summed E-state index contributed by atoms with van der Waals surface area (Å²) in [7, 11) is 0. The van der Waals surface area contributed by atoms with Gasteiger partial charge in [0.2, 0.25) is 0 Å². The molecule has 0 bridgehead atoms.